The monoisotopic (exact) mass is 292 g/mol. The van der Waals surface area contributed by atoms with Gasteiger partial charge in [-0.15, -0.1) is 0 Å². The number of H-pyrrole nitrogens is 1. The van der Waals surface area contributed by atoms with E-state index in [1.54, 1.807) is 6.33 Å². The van der Waals surface area contributed by atoms with E-state index in [0.717, 1.165) is 17.9 Å². The molecule has 3 rings (SSSR count). The van der Waals surface area contributed by atoms with Gasteiger partial charge in [0, 0.05) is 13.1 Å². The fourth-order valence-corrected chi connectivity index (χ4v) is 2.49. The van der Waals surface area contributed by atoms with Crippen LogP contribution in [0, 0.1) is 0 Å². The van der Waals surface area contributed by atoms with Crippen molar-refractivity contribution in [3.05, 3.63) is 6.33 Å². The van der Waals surface area contributed by atoms with E-state index in [-0.39, 0.29) is 18.8 Å². The number of rotatable bonds is 4. The van der Waals surface area contributed by atoms with Crippen LogP contribution in [0.4, 0.5) is 11.8 Å². The van der Waals surface area contributed by atoms with Crippen molar-refractivity contribution in [2.24, 2.45) is 0 Å². The molecule has 2 atom stereocenters. The SMILES string of the molecule is CCNc1nc(N2CC(CO)OCC2C)c2[nH]cnc2n1. The highest BCUT2D eigenvalue weighted by atomic mass is 16.5. The van der Waals surface area contributed by atoms with E-state index in [1.807, 2.05) is 6.92 Å². The van der Waals surface area contributed by atoms with E-state index in [0.29, 0.717) is 24.7 Å². The Morgan fingerprint density at radius 2 is 2.38 bits per heavy atom. The second kappa shape index (κ2) is 5.82. The first-order valence-electron chi connectivity index (χ1n) is 7.17. The van der Waals surface area contributed by atoms with Gasteiger partial charge in [-0.2, -0.15) is 9.97 Å². The van der Waals surface area contributed by atoms with Crippen molar-refractivity contribution in [2.45, 2.75) is 26.0 Å². The zero-order valence-electron chi connectivity index (χ0n) is 12.2. The number of nitrogens with one attached hydrogen (secondary N) is 2. The molecule has 8 nitrogen and oxygen atoms in total. The summed E-state index contributed by atoms with van der Waals surface area (Å²) in [5.74, 6) is 1.36. The Morgan fingerprint density at radius 3 is 3.14 bits per heavy atom. The third-order valence-electron chi connectivity index (χ3n) is 3.58. The summed E-state index contributed by atoms with van der Waals surface area (Å²) in [5.41, 5.74) is 1.44. The maximum atomic E-state index is 9.34. The molecule has 0 bridgehead atoms. The second-order valence-electron chi connectivity index (χ2n) is 5.14. The molecule has 0 amide bonds. The van der Waals surface area contributed by atoms with Gasteiger partial charge in [0.2, 0.25) is 5.95 Å². The molecule has 0 radical (unpaired) electrons. The van der Waals surface area contributed by atoms with Gasteiger partial charge in [0.1, 0.15) is 5.52 Å². The number of fused-ring (bicyclic) bond motifs is 1. The van der Waals surface area contributed by atoms with Crippen LogP contribution in [0.5, 0.6) is 0 Å². The van der Waals surface area contributed by atoms with Crippen LogP contribution in [0.25, 0.3) is 11.2 Å². The highest BCUT2D eigenvalue weighted by Crippen LogP contribution is 2.26. The number of aromatic nitrogens is 4. The van der Waals surface area contributed by atoms with Crippen molar-refractivity contribution in [1.29, 1.82) is 0 Å². The molecule has 1 aliphatic heterocycles. The molecule has 8 heteroatoms. The van der Waals surface area contributed by atoms with Crippen LogP contribution in [0.1, 0.15) is 13.8 Å². The molecule has 0 saturated carbocycles. The lowest BCUT2D eigenvalue weighted by Gasteiger charge is -2.38. The van der Waals surface area contributed by atoms with Crippen LogP contribution in [0.2, 0.25) is 0 Å². The lowest BCUT2D eigenvalue weighted by molar-refractivity contribution is -0.0104. The quantitative estimate of drug-likeness (QED) is 0.748. The number of hydrogen-bond donors (Lipinski definition) is 3. The highest BCUT2D eigenvalue weighted by molar-refractivity contribution is 5.84. The van der Waals surface area contributed by atoms with Crippen molar-refractivity contribution >= 4 is 22.9 Å². The van der Waals surface area contributed by atoms with Crippen molar-refractivity contribution < 1.29 is 9.84 Å². The fraction of sp³-hybridized carbons (Fsp3) is 0.615. The Balaban J connectivity index is 2.02. The largest absolute Gasteiger partial charge is 0.394 e. The van der Waals surface area contributed by atoms with Gasteiger partial charge < -0.3 is 25.0 Å². The van der Waals surface area contributed by atoms with Crippen LogP contribution < -0.4 is 10.2 Å². The average Bonchev–Trinajstić information content (AvgIpc) is 2.96. The van der Waals surface area contributed by atoms with E-state index in [1.165, 1.54) is 0 Å². The zero-order valence-corrected chi connectivity index (χ0v) is 12.2. The molecule has 3 heterocycles. The molecular formula is C13H20N6O2. The molecule has 3 N–H and O–H groups in total. The third-order valence-corrected chi connectivity index (χ3v) is 3.58. The smallest absolute Gasteiger partial charge is 0.226 e. The van der Waals surface area contributed by atoms with Crippen molar-refractivity contribution in [2.75, 3.05) is 36.5 Å². The van der Waals surface area contributed by atoms with Gasteiger partial charge in [0.05, 0.1) is 31.7 Å². The summed E-state index contributed by atoms with van der Waals surface area (Å²) in [7, 11) is 0. The number of aliphatic hydroxyl groups is 1. The standard InChI is InChI=1S/C13H20N6O2/c1-3-14-13-17-11-10(15-7-16-11)12(18-13)19-4-9(5-20)21-6-8(19)2/h7-9,20H,3-6H2,1-2H3,(H2,14,15,16,17,18). The van der Waals surface area contributed by atoms with Crippen LogP contribution in [0.15, 0.2) is 6.33 Å². The summed E-state index contributed by atoms with van der Waals surface area (Å²) >= 11 is 0. The molecule has 21 heavy (non-hydrogen) atoms. The molecular weight excluding hydrogens is 272 g/mol. The first-order chi connectivity index (χ1) is 10.2. The number of nitrogens with zero attached hydrogens (tertiary/aromatic N) is 4. The summed E-state index contributed by atoms with van der Waals surface area (Å²) in [5, 5.41) is 12.5. The van der Waals surface area contributed by atoms with Gasteiger partial charge in [0.15, 0.2) is 11.5 Å². The lowest BCUT2D eigenvalue weighted by atomic mass is 10.2. The molecule has 0 spiro atoms. The minimum absolute atomic E-state index is 0.000486. The number of anilines is 2. The molecule has 1 fully saturated rings. The minimum Gasteiger partial charge on any atom is -0.394 e. The predicted octanol–water partition coefficient (Wildman–Crippen LogP) is 0.371. The summed E-state index contributed by atoms with van der Waals surface area (Å²) in [6.45, 7) is 5.96. The molecule has 1 saturated heterocycles. The molecule has 114 valence electrons. The molecule has 0 aromatic carbocycles. The van der Waals surface area contributed by atoms with E-state index < -0.39 is 0 Å². The number of aliphatic hydroxyl groups excluding tert-OH is 1. The van der Waals surface area contributed by atoms with Crippen LogP contribution in [0.3, 0.4) is 0 Å². The fourth-order valence-electron chi connectivity index (χ4n) is 2.49. The van der Waals surface area contributed by atoms with Crippen molar-refractivity contribution in [1.82, 2.24) is 19.9 Å². The van der Waals surface area contributed by atoms with Gasteiger partial charge >= 0.3 is 0 Å². The molecule has 1 aliphatic rings. The molecule has 2 aromatic rings. The number of hydrogen-bond acceptors (Lipinski definition) is 7. The maximum absolute atomic E-state index is 9.34. The summed E-state index contributed by atoms with van der Waals surface area (Å²) in [6, 6.07) is 0.170. The van der Waals surface area contributed by atoms with Gasteiger partial charge in [-0.25, -0.2) is 4.98 Å². The topological polar surface area (TPSA) is 99.2 Å². The molecule has 2 aromatic heterocycles. The number of aromatic amines is 1. The highest BCUT2D eigenvalue weighted by Gasteiger charge is 2.29. The molecule has 0 aliphatic carbocycles. The summed E-state index contributed by atoms with van der Waals surface area (Å²) in [4.78, 5) is 18.4. The average molecular weight is 292 g/mol. The number of ether oxygens (including phenoxy) is 1. The van der Waals surface area contributed by atoms with Gasteiger partial charge in [-0.05, 0) is 13.8 Å². The first-order valence-corrected chi connectivity index (χ1v) is 7.17. The lowest BCUT2D eigenvalue weighted by Crippen LogP contribution is -2.50. The van der Waals surface area contributed by atoms with Gasteiger partial charge in [-0.1, -0.05) is 0 Å². The van der Waals surface area contributed by atoms with Crippen molar-refractivity contribution in [3.8, 4) is 0 Å². The maximum Gasteiger partial charge on any atom is 0.226 e. The van der Waals surface area contributed by atoms with Gasteiger partial charge in [-0.3, -0.25) is 0 Å². The third kappa shape index (κ3) is 2.64. The van der Waals surface area contributed by atoms with Crippen LogP contribution >= 0.6 is 0 Å². The second-order valence-corrected chi connectivity index (χ2v) is 5.14. The van der Waals surface area contributed by atoms with E-state index in [2.05, 4.69) is 37.1 Å². The Labute approximate surface area is 122 Å². The Bertz CT molecular complexity index is 616. The van der Waals surface area contributed by atoms with Crippen molar-refractivity contribution in [3.63, 3.8) is 0 Å². The zero-order chi connectivity index (χ0) is 14.8. The Kier molecular flexibility index (Phi) is 3.89. The number of morpholine rings is 1. The normalized spacial score (nSPS) is 22.7. The molecule has 2 unspecified atom stereocenters. The first kappa shape index (κ1) is 14.0. The predicted molar refractivity (Wildman–Crippen MR) is 79.5 cm³/mol. The van der Waals surface area contributed by atoms with Crippen LogP contribution in [-0.4, -0.2) is 63.5 Å². The Morgan fingerprint density at radius 1 is 1.52 bits per heavy atom. The summed E-state index contributed by atoms with van der Waals surface area (Å²) in [6.07, 6.45) is 1.42. The van der Waals surface area contributed by atoms with E-state index >= 15 is 0 Å². The van der Waals surface area contributed by atoms with Gasteiger partial charge in [0.25, 0.3) is 0 Å². The number of imidazole rings is 1. The van der Waals surface area contributed by atoms with Crippen LogP contribution in [-0.2, 0) is 4.74 Å². The van der Waals surface area contributed by atoms with E-state index in [9.17, 15) is 5.11 Å². The summed E-state index contributed by atoms with van der Waals surface area (Å²) < 4.78 is 5.59. The van der Waals surface area contributed by atoms with E-state index in [4.69, 9.17) is 4.74 Å². The minimum atomic E-state index is -0.197. The Hall–Kier alpha value is -1.93.